The molecular weight excluding hydrogens is 194 g/mol. The van der Waals surface area contributed by atoms with Crippen molar-refractivity contribution < 1.29 is 0 Å². The third-order valence-corrected chi connectivity index (χ3v) is 3.75. The van der Waals surface area contributed by atoms with Crippen LogP contribution in [0.3, 0.4) is 0 Å². The van der Waals surface area contributed by atoms with Gasteiger partial charge < -0.3 is 4.90 Å². The van der Waals surface area contributed by atoms with E-state index < -0.39 is 0 Å². The first-order valence-electron chi connectivity index (χ1n) is 5.23. The Bertz CT molecular complexity index is 310. The first kappa shape index (κ1) is 9.90. The Hall–Kier alpha value is -0.640. The molecule has 2 atom stereocenters. The minimum Gasteiger partial charge on any atom is -0.344 e. The highest BCUT2D eigenvalue weighted by molar-refractivity contribution is 7.09. The van der Waals surface area contributed by atoms with Crippen LogP contribution in [0.25, 0.3) is 0 Å². The summed E-state index contributed by atoms with van der Waals surface area (Å²) in [7, 11) is 0. The van der Waals surface area contributed by atoms with Gasteiger partial charge in [-0.1, -0.05) is 6.92 Å². The molecule has 0 saturated carbocycles. The fraction of sp³-hybridized carbons (Fsp3) is 0.800. The van der Waals surface area contributed by atoms with Crippen LogP contribution in [0.2, 0.25) is 0 Å². The fourth-order valence-corrected chi connectivity index (χ4v) is 2.90. The summed E-state index contributed by atoms with van der Waals surface area (Å²) < 4.78 is 4.23. The molecule has 0 aromatic carbocycles. The number of hydrogen-bond donors (Lipinski definition) is 0. The maximum absolute atomic E-state index is 4.44. The van der Waals surface area contributed by atoms with E-state index in [-0.39, 0.29) is 0 Å². The van der Waals surface area contributed by atoms with Crippen molar-refractivity contribution in [3.05, 3.63) is 5.82 Å². The van der Waals surface area contributed by atoms with E-state index in [9.17, 15) is 0 Å². The van der Waals surface area contributed by atoms with Gasteiger partial charge in [0.1, 0.15) is 5.82 Å². The Morgan fingerprint density at radius 1 is 1.43 bits per heavy atom. The molecule has 2 heterocycles. The lowest BCUT2D eigenvalue weighted by Gasteiger charge is -2.35. The van der Waals surface area contributed by atoms with Gasteiger partial charge in [0.2, 0.25) is 5.13 Å². The summed E-state index contributed by atoms with van der Waals surface area (Å²) >= 11 is 1.53. The number of aryl methyl sites for hydroxylation is 1. The Balaban J connectivity index is 2.11. The third kappa shape index (κ3) is 1.90. The number of anilines is 1. The maximum atomic E-state index is 4.44. The molecule has 1 aromatic rings. The van der Waals surface area contributed by atoms with Gasteiger partial charge in [-0.2, -0.15) is 4.37 Å². The van der Waals surface area contributed by atoms with Crippen LogP contribution in [-0.2, 0) is 0 Å². The van der Waals surface area contributed by atoms with Crippen molar-refractivity contribution in [2.75, 3.05) is 11.4 Å². The van der Waals surface area contributed by atoms with Crippen molar-refractivity contribution in [3.63, 3.8) is 0 Å². The number of piperidine rings is 1. The summed E-state index contributed by atoms with van der Waals surface area (Å²) in [5.41, 5.74) is 0. The van der Waals surface area contributed by atoms with Crippen molar-refractivity contribution in [2.24, 2.45) is 5.92 Å². The van der Waals surface area contributed by atoms with Crippen molar-refractivity contribution in [1.82, 2.24) is 9.36 Å². The molecule has 14 heavy (non-hydrogen) atoms. The summed E-state index contributed by atoms with van der Waals surface area (Å²) in [6.45, 7) is 7.71. The van der Waals surface area contributed by atoms with Crippen LogP contribution in [0.15, 0.2) is 0 Å². The van der Waals surface area contributed by atoms with Crippen LogP contribution in [-0.4, -0.2) is 21.9 Å². The van der Waals surface area contributed by atoms with Gasteiger partial charge in [-0.15, -0.1) is 0 Å². The highest BCUT2D eigenvalue weighted by Gasteiger charge is 2.24. The molecule has 2 rings (SSSR count). The predicted octanol–water partition coefficient (Wildman–Crippen LogP) is 2.47. The van der Waals surface area contributed by atoms with E-state index in [0.717, 1.165) is 23.4 Å². The molecule has 3 nitrogen and oxygen atoms in total. The van der Waals surface area contributed by atoms with E-state index in [4.69, 9.17) is 0 Å². The first-order valence-corrected chi connectivity index (χ1v) is 6.01. The standard InChI is InChI=1S/C10H17N3S/c1-7-4-5-13(8(2)6-7)10-11-9(3)12-14-10/h7-8H,4-6H2,1-3H3. The Morgan fingerprint density at radius 3 is 2.79 bits per heavy atom. The Kier molecular flexibility index (Phi) is 2.72. The monoisotopic (exact) mass is 211 g/mol. The average Bonchev–Trinajstić information content (AvgIpc) is 2.51. The van der Waals surface area contributed by atoms with E-state index in [1.165, 1.54) is 24.4 Å². The van der Waals surface area contributed by atoms with Gasteiger partial charge in [0.25, 0.3) is 0 Å². The lowest BCUT2D eigenvalue weighted by molar-refractivity contribution is 0.377. The lowest BCUT2D eigenvalue weighted by atomic mass is 9.94. The summed E-state index contributed by atoms with van der Waals surface area (Å²) in [6.07, 6.45) is 2.56. The van der Waals surface area contributed by atoms with Gasteiger partial charge >= 0.3 is 0 Å². The molecule has 0 radical (unpaired) electrons. The van der Waals surface area contributed by atoms with Gasteiger partial charge in [0, 0.05) is 24.1 Å². The lowest BCUT2D eigenvalue weighted by Crippen LogP contribution is -2.40. The second-order valence-corrected chi connectivity index (χ2v) is 5.03. The topological polar surface area (TPSA) is 29.0 Å². The number of aromatic nitrogens is 2. The number of rotatable bonds is 1. The predicted molar refractivity (Wildman–Crippen MR) is 59.9 cm³/mol. The molecule has 1 aromatic heterocycles. The SMILES string of the molecule is Cc1nsc(N2CCC(C)CC2C)n1. The maximum Gasteiger partial charge on any atom is 0.205 e. The molecule has 4 heteroatoms. The summed E-state index contributed by atoms with van der Waals surface area (Å²) in [5.74, 6) is 1.76. The number of hydrogen-bond acceptors (Lipinski definition) is 4. The van der Waals surface area contributed by atoms with Crippen LogP contribution in [0.4, 0.5) is 5.13 Å². The summed E-state index contributed by atoms with van der Waals surface area (Å²) in [5, 5.41) is 1.10. The molecule has 1 aliphatic rings. The molecule has 2 unspecified atom stereocenters. The van der Waals surface area contributed by atoms with Crippen LogP contribution >= 0.6 is 11.5 Å². The van der Waals surface area contributed by atoms with Crippen LogP contribution < -0.4 is 4.90 Å². The van der Waals surface area contributed by atoms with Gasteiger partial charge in [-0.25, -0.2) is 4.98 Å². The highest BCUT2D eigenvalue weighted by atomic mass is 32.1. The molecule has 1 saturated heterocycles. The minimum absolute atomic E-state index is 0.617. The minimum atomic E-state index is 0.617. The van der Waals surface area contributed by atoms with Crippen molar-refractivity contribution in [3.8, 4) is 0 Å². The fourth-order valence-electron chi connectivity index (χ4n) is 2.09. The highest BCUT2D eigenvalue weighted by Crippen LogP contribution is 2.28. The van der Waals surface area contributed by atoms with E-state index >= 15 is 0 Å². The summed E-state index contributed by atoms with van der Waals surface area (Å²) in [4.78, 5) is 6.84. The Morgan fingerprint density at radius 2 is 2.21 bits per heavy atom. The quantitative estimate of drug-likeness (QED) is 0.714. The molecular formula is C10H17N3S. The van der Waals surface area contributed by atoms with Gasteiger partial charge in [-0.05, 0) is 32.6 Å². The normalized spacial score (nSPS) is 28.1. The van der Waals surface area contributed by atoms with E-state index in [1.807, 2.05) is 6.92 Å². The molecule has 0 bridgehead atoms. The second kappa shape index (κ2) is 3.85. The van der Waals surface area contributed by atoms with E-state index in [1.54, 1.807) is 0 Å². The largest absolute Gasteiger partial charge is 0.344 e. The van der Waals surface area contributed by atoms with Gasteiger partial charge in [0.05, 0.1) is 0 Å². The summed E-state index contributed by atoms with van der Waals surface area (Å²) in [6, 6.07) is 0.617. The smallest absolute Gasteiger partial charge is 0.205 e. The molecule has 1 aliphatic heterocycles. The Labute approximate surface area is 89.3 Å². The van der Waals surface area contributed by atoms with Gasteiger partial charge in [-0.3, -0.25) is 0 Å². The van der Waals surface area contributed by atoms with Crippen LogP contribution in [0.1, 0.15) is 32.5 Å². The molecule has 0 spiro atoms. The molecule has 0 N–H and O–H groups in total. The molecule has 0 aliphatic carbocycles. The van der Waals surface area contributed by atoms with Crippen molar-refractivity contribution >= 4 is 16.7 Å². The molecule has 78 valence electrons. The zero-order valence-corrected chi connectivity index (χ0v) is 9.84. The zero-order chi connectivity index (χ0) is 10.1. The average molecular weight is 211 g/mol. The number of nitrogens with zero attached hydrogens (tertiary/aromatic N) is 3. The van der Waals surface area contributed by atoms with Crippen LogP contribution in [0, 0.1) is 12.8 Å². The first-order chi connectivity index (χ1) is 6.66. The molecule has 1 fully saturated rings. The van der Waals surface area contributed by atoms with Crippen molar-refractivity contribution in [2.45, 2.75) is 39.7 Å². The second-order valence-electron chi connectivity index (χ2n) is 4.30. The van der Waals surface area contributed by atoms with Gasteiger partial charge in [0.15, 0.2) is 0 Å². The zero-order valence-electron chi connectivity index (χ0n) is 9.03. The van der Waals surface area contributed by atoms with E-state index in [2.05, 4.69) is 28.1 Å². The van der Waals surface area contributed by atoms with Crippen LogP contribution in [0.5, 0.6) is 0 Å². The third-order valence-electron chi connectivity index (χ3n) is 2.90. The van der Waals surface area contributed by atoms with Crippen molar-refractivity contribution in [1.29, 1.82) is 0 Å². The van der Waals surface area contributed by atoms with E-state index in [0.29, 0.717) is 6.04 Å². The molecule has 0 amide bonds.